The molecule has 0 aromatic heterocycles. The lowest BCUT2D eigenvalue weighted by Gasteiger charge is -1.99. The van der Waals surface area contributed by atoms with E-state index in [0.717, 1.165) is 6.73 Å². The van der Waals surface area contributed by atoms with Crippen molar-refractivity contribution in [1.29, 1.82) is 0 Å². The van der Waals surface area contributed by atoms with E-state index in [4.69, 9.17) is 15.6 Å². The first-order chi connectivity index (χ1) is 4.83. The summed E-state index contributed by atoms with van der Waals surface area (Å²) in [4.78, 5) is 0. The summed E-state index contributed by atoms with van der Waals surface area (Å²) in [6, 6.07) is 6.30. The van der Waals surface area contributed by atoms with Gasteiger partial charge in [-0.2, -0.15) is 0 Å². The molecule has 3 heteroatoms. The van der Waals surface area contributed by atoms with E-state index in [1.54, 1.807) is 12.1 Å². The molecule has 10 heavy (non-hydrogen) atoms. The molecule has 1 aromatic rings. The summed E-state index contributed by atoms with van der Waals surface area (Å²) in [6.07, 6.45) is 0. The Hall–Kier alpha value is -1.22. The zero-order valence-electron chi connectivity index (χ0n) is 5.32. The lowest BCUT2D eigenvalue weighted by atomic mass is 10.3. The Labute approximate surface area is 59.0 Å². The largest absolute Gasteiger partial charge is 0.508 e. The van der Waals surface area contributed by atoms with Crippen molar-refractivity contribution < 1.29 is 9.84 Å². The fraction of sp³-hybridized carbons (Fsp3) is 0. The molecule has 0 aliphatic heterocycles. The number of aromatic hydroxyl groups is 1. The van der Waals surface area contributed by atoms with Gasteiger partial charge in [-0.1, -0.05) is 0 Å². The van der Waals surface area contributed by atoms with Gasteiger partial charge in [0.25, 0.3) is 0 Å². The summed E-state index contributed by atoms with van der Waals surface area (Å²) in [5.41, 5.74) is 4.99. The Bertz CT molecular complexity index is 195. The molecule has 0 unspecified atom stereocenters. The van der Waals surface area contributed by atoms with Gasteiger partial charge in [0.15, 0.2) is 6.73 Å². The highest BCUT2D eigenvalue weighted by atomic mass is 16.5. The molecule has 1 rings (SSSR count). The second-order valence-electron chi connectivity index (χ2n) is 1.75. The number of hydrogen-bond donors (Lipinski definition) is 2. The lowest BCUT2D eigenvalue weighted by Crippen LogP contribution is -1.98. The molecular weight excluding hydrogens is 130 g/mol. The van der Waals surface area contributed by atoms with Crippen LogP contribution in [0.2, 0.25) is 0 Å². The van der Waals surface area contributed by atoms with Crippen molar-refractivity contribution in [3.05, 3.63) is 31.0 Å². The number of nitrogens with two attached hydrogens (primary N) is 1. The number of benzene rings is 1. The minimum atomic E-state index is 0.212. The van der Waals surface area contributed by atoms with Gasteiger partial charge in [-0.05, 0) is 24.3 Å². The number of hydrogen-bond acceptors (Lipinski definition) is 3. The second-order valence-corrected chi connectivity index (χ2v) is 1.75. The minimum absolute atomic E-state index is 0.212. The topological polar surface area (TPSA) is 55.5 Å². The highest BCUT2D eigenvalue weighted by Gasteiger charge is 1.90. The smallest absolute Gasteiger partial charge is 0.198 e. The van der Waals surface area contributed by atoms with Crippen LogP contribution in [0.15, 0.2) is 24.3 Å². The molecule has 0 atom stereocenters. The maximum Gasteiger partial charge on any atom is 0.198 e. The summed E-state index contributed by atoms with van der Waals surface area (Å²) >= 11 is 0. The van der Waals surface area contributed by atoms with Gasteiger partial charge in [0.2, 0.25) is 0 Å². The molecule has 3 N–H and O–H groups in total. The van der Waals surface area contributed by atoms with Gasteiger partial charge < -0.3 is 9.84 Å². The van der Waals surface area contributed by atoms with Gasteiger partial charge in [0.05, 0.1) is 0 Å². The fourth-order valence-corrected chi connectivity index (χ4v) is 0.603. The van der Waals surface area contributed by atoms with Crippen LogP contribution in [0.25, 0.3) is 0 Å². The van der Waals surface area contributed by atoms with Crippen molar-refractivity contribution in [3.63, 3.8) is 0 Å². The van der Waals surface area contributed by atoms with Crippen LogP contribution >= 0.6 is 0 Å². The van der Waals surface area contributed by atoms with Gasteiger partial charge in [0, 0.05) is 0 Å². The number of phenolic OH excluding ortho intramolecular Hbond substituents is 1. The predicted octanol–water partition coefficient (Wildman–Crippen LogP) is 0.849. The van der Waals surface area contributed by atoms with Crippen molar-refractivity contribution in [1.82, 2.24) is 0 Å². The average molecular weight is 138 g/mol. The van der Waals surface area contributed by atoms with Gasteiger partial charge >= 0.3 is 0 Å². The summed E-state index contributed by atoms with van der Waals surface area (Å²) in [5, 5.41) is 8.83. The molecule has 1 radical (unpaired) electrons. The standard InChI is InChI=1S/C7H8NO2/c8-5-10-7-3-1-6(9)2-4-7/h1-5,9H,8H2. The summed E-state index contributed by atoms with van der Waals surface area (Å²) in [5.74, 6) is 0.824. The Kier molecular flexibility index (Phi) is 2.12. The van der Waals surface area contributed by atoms with Crippen LogP contribution in [0.4, 0.5) is 0 Å². The zero-order valence-corrected chi connectivity index (χ0v) is 5.32. The van der Waals surface area contributed by atoms with E-state index in [9.17, 15) is 0 Å². The normalized spacial score (nSPS) is 9.30. The molecule has 1 aromatic carbocycles. The van der Waals surface area contributed by atoms with E-state index in [1.807, 2.05) is 0 Å². The van der Waals surface area contributed by atoms with Crippen molar-refractivity contribution in [2.24, 2.45) is 5.73 Å². The number of ether oxygens (including phenoxy) is 1. The highest BCUT2D eigenvalue weighted by molar-refractivity contribution is 5.30. The van der Waals surface area contributed by atoms with Gasteiger partial charge in [-0.3, -0.25) is 5.73 Å². The first-order valence-corrected chi connectivity index (χ1v) is 2.82. The van der Waals surface area contributed by atoms with Crippen LogP contribution in [-0.4, -0.2) is 5.11 Å². The first-order valence-electron chi connectivity index (χ1n) is 2.82. The molecule has 0 saturated heterocycles. The molecule has 0 saturated carbocycles. The molecule has 0 aliphatic carbocycles. The van der Waals surface area contributed by atoms with Crippen molar-refractivity contribution in [2.45, 2.75) is 0 Å². The van der Waals surface area contributed by atoms with Gasteiger partial charge in [0.1, 0.15) is 11.5 Å². The van der Waals surface area contributed by atoms with Gasteiger partial charge in [-0.25, -0.2) is 0 Å². The Balaban J connectivity index is 2.69. The van der Waals surface area contributed by atoms with Crippen LogP contribution in [0.3, 0.4) is 0 Å². The predicted molar refractivity (Wildman–Crippen MR) is 37.2 cm³/mol. The van der Waals surface area contributed by atoms with Crippen LogP contribution < -0.4 is 10.5 Å². The monoisotopic (exact) mass is 138 g/mol. The molecule has 3 nitrogen and oxygen atoms in total. The molecule has 0 fully saturated rings. The Morgan fingerprint density at radius 1 is 1.30 bits per heavy atom. The molecule has 0 aliphatic rings. The van der Waals surface area contributed by atoms with Crippen LogP contribution in [-0.2, 0) is 0 Å². The third-order valence-corrected chi connectivity index (χ3v) is 1.04. The lowest BCUT2D eigenvalue weighted by molar-refractivity contribution is 0.406. The Morgan fingerprint density at radius 2 is 1.90 bits per heavy atom. The van der Waals surface area contributed by atoms with E-state index in [2.05, 4.69) is 0 Å². The molecular formula is C7H8NO2. The highest BCUT2D eigenvalue weighted by Crippen LogP contribution is 2.15. The SMILES string of the molecule is N[CH]Oc1ccc(O)cc1. The second kappa shape index (κ2) is 3.08. The number of rotatable bonds is 2. The summed E-state index contributed by atoms with van der Waals surface area (Å²) < 4.78 is 4.80. The fourth-order valence-electron chi connectivity index (χ4n) is 0.603. The maximum atomic E-state index is 8.83. The maximum absolute atomic E-state index is 8.83. The van der Waals surface area contributed by atoms with E-state index < -0.39 is 0 Å². The van der Waals surface area contributed by atoms with Crippen LogP contribution in [0, 0.1) is 6.73 Å². The minimum Gasteiger partial charge on any atom is -0.508 e. The van der Waals surface area contributed by atoms with Gasteiger partial charge in [-0.15, -0.1) is 0 Å². The Morgan fingerprint density at radius 3 is 2.40 bits per heavy atom. The third kappa shape index (κ3) is 1.63. The average Bonchev–Trinajstić information content (AvgIpc) is 1.95. The van der Waals surface area contributed by atoms with E-state index in [0.29, 0.717) is 5.75 Å². The van der Waals surface area contributed by atoms with Crippen LogP contribution in [0.1, 0.15) is 0 Å². The molecule has 0 amide bonds. The van der Waals surface area contributed by atoms with Crippen molar-refractivity contribution in [2.75, 3.05) is 0 Å². The van der Waals surface area contributed by atoms with E-state index in [-0.39, 0.29) is 5.75 Å². The van der Waals surface area contributed by atoms with Crippen molar-refractivity contribution >= 4 is 0 Å². The third-order valence-electron chi connectivity index (χ3n) is 1.04. The van der Waals surface area contributed by atoms with E-state index in [1.165, 1.54) is 12.1 Å². The molecule has 53 valence electrons. The van der Waals surface area contributed by atoms with Crippen molar-refractivity contribution in [3.8, 4) is 11.5 Å². The molecule has 0 spiro atoms. The molecule has 0 bridgehead atoms. The number of phenols is 1. The quantitative estimate of drug-likeness (QED) is 0.637. The summed E-state index contributed by atoms with van der Waals surface area (Å²) in [6.45, 7) is 1.09. The van der Waals surface area contributed by atoms with E-state index >= 15 is 0 Å². The summed E-state index contributed by atoms with van der Waals surface area (Å²) in [7, 11) is 0. The van der Waals surface area contributed by atoms with Crippen LogP contribution in [0.5, 0.6) is 11.5 Å². The first kappa shape index (κ1) is 6.89. The zero-order chi connectivity index (χ0) is 7.40. The molecule has 0 heterocycles.